The highest BCUT2D eigenvalue weighted by Crippen LogP contribution is 2.10. The Morgan fingerprint density at radius 1 is 1.04 bits per heavy atom. The Morgan fingerprint density at radius 2 is 1.62 bits per heavy atom. The number of nitrogens with two attached hydrogens (primary N) is 1. The predicted molar refractivity (Wildman–Crippen MR) is 86.1 cm³/mol. The van der Waals surface area contributed by atoms with Gasteiger partial charge >= 0.3 is 0 Å². The number of carbonyl (C=O) groups excluding carboxylic acids is 2. The molecule has 126 valence electrons. The first kappa shape index (κ1) is 17.6. The lowest BCUT2D eigenvalue weighted by molar-refractivity contribution is -0.127. The third kappa shape index (κ3) is 5.15. The smallest absolute Gasteiger partial charge is 0.240 e. The van der Waals surface area contributed by atoms with Crippen LogP contribution in [0.5, 0.6) is 0 Å². The van der Waals surface area contributed by atoms with Crippen LogP contribution in [0.25, 0.3) is 0 Å². The van der Waals surface area contributed by atoms with Gasteiger partial charge in [-0.05, 0) is 30.2 Å². The lowest BCUT2D eigenvalue weighted by Crippen LogP contribution is -2.46. The highest BCUT2D eigenvalue weighted by molar-refractivity contribution is 5.87. The molecule has 0 heterocycles. The molecule has 24 heavy (non-hydrogen) atoms. The molecule has 0 saturated heterocycles. The lowest BCUT2D eigenvalue weighted by Gasteiger charge is -2.16. The van der Waals surface area contributed by atoms with Crippen molar-refractivity contribution in [2.45, 2.75) is 25.8 Å². The molecule has 6 heteroatoms. The SMILES string of the molecule is Cc1ccc(C[C@@H](NC(=O)Cc2cc(F)cc(F)c2)C(N)=O)cc1. The maximum atomic E-state index is 13.1. The van der Waals surface area contributed by atoms with E-state index in [0.29, 0.717) is 0 Å². The number of halogens is 2. The second-order valence-electron chi connectivity index (χ2n) is 5.67. The summed E-state index contributed by atoms with van der Waals surface area (Å²) < 4.78 is 26.3. The number of hydrogen-bond acceptors (Lipinski definition) is 2. The van der Waals surface area contributed by atoms with E-state index in [4.69, 9.17) is 5.73 Å². The first-order valence-corrected chi connectivity index (χ1v) is 7.42. The second-order valence-corrected chi connectivity index (χ2v) is 5.67. The minimum atomic E-state index is -0.890. The van der Waals surface area contributed by atoms with Crippen molar-refractivity contribution >= 4 is 11.8 Å². The van der Waals surface area contributed by atoms with Gasteiger partial charge in [-0.2, -0.15) is 0 Å². The minimum absolute atomic E-state index is 0.184. The van der Waals surface area contributed by atoms with Crippen molar-refractivity contribution < 1.29 is 18.4 Å². The molecule has 0 aliphatic rings. The molecule has 0 unspecified atom stereocenters. The fraction of sp³-hybridized carbons (Fsp3) is 0.222. The fourth-order valence-corrected chi connectivity index (χ4v) is 2.33. The van der Waals surface area contributed by atoms with E-state index in [9.17, 15) is 18.4 Å². The molecule has 0 aromatic heterocycles. The van der Waals surface area contributed by atoms with Crippen molar-refractivity contribution in [1.29, 1.82) is 0 Å². The molecule has 0 radical (unpaired) electrons. The third-order valence-electron chi connectivity index (χ3n) is 3.53. The normalized spacial score (nSPS) is 11.8. The lowest BCUT2D eigenvalue weighted by atomic mass is 10.0. The van der Waals surface area contributed by atoms with Crippen LogP contribution in [-0.4, -0.2) is 17.9 Å². The molecule has 2 aromatic carbocycles. The fourth-order valence-electron chi connectivity index (χ4n) is 2.33. The summed E-state index contributed by atoms with van der Waals surface area (Å²) in [5.74, 6) is -2.72. The van der Waals surface area contributed by atoms with E-state index < -0.39 is 29.5 Å². The van der Waals surface area contributed by atoms with Crippen LogP contribution in [0.4, 0.5) is 8.78 Å². The largest absolute Gasteiger partial charge is 0.368 e. The summed E-state index contributed by atoms with van der Waals surface area (Å²) >= 11 is 0. The van der Waals surface area contributed by atoms with Gasteiger partial charge in [0.1, 0.15) is 17.7 Å². The van der Waals surface area contributed by atoms with Gasteiger partial charge in [0.05, 0.1) is 6.42 Å². The van der Waals surface area contributed by atoms with Gasteiger partial charge in [-0.1, -0.05) is 29.8 Å². The maximum absolute atomic E-state index is 13.1. The molecule has 3 N–H and O–H groups in total. The number of carbonyl (C=O) groups is 2. The number of primary amides is 1. The molecule has 0 aliphatic carbocycles. The van der Waals surface area contributed by atoms with Crippen molar-refractivity contribution in [1.82, 2.24) is 5.32 Å². The molecule has 0 fully saturated rings. The summed E-state index contributed by atoms with van der Waals surface area (Å²) in [4.78, 5) is 23.6. The van der Waals surface area contributed by atoms with Crippen LogP contribution in [0, 0.1) is 18.6 Å². The zero-order valence-electron chi connectivity index (χ0n) is 13.2. The van der Waals surface area contributed by atoms with E-state index in [-0.39, 0.29) is 18.4 Å². The van der Waals surface area contributed by atoms with Crippen LogP contribution in [0.3, 0.4) is 0 Å². The quantitative estimate of drug-likeness (QED) is 0.849. The highest BCUT2D eigenvalue weighted by atomic mass is 19.1. The number of nitrogens with one attached hydrogen (secondary N) is 1. The minimum Gasteiger partial charge on any atom is -0.368 e. The molecule has 1 atom stereocenters. The number of amides is 2. The van der Waals surface area contributed by atoms with Gasteiger partial charge in [0.15, 0.2) is 0 Å². The zero-order valence-corrected chi connectivity index (χ0v) is 13.2. The van der Waals surface area contributed by atoms with E-state index in [0.717, 1.165) is 29.3 Å². The molecular formula is C18H18F2N2O2. The van der Waals surface area contributed by atoms with Crippen molar-refractivity contribution in [3.8, 4) is 0 Å². The summed E-state index contributed by atoms with van der Waals surface area (Å²) in [6.07, 6.45) is 0.00518. The van der Waals surface area contributed by atoms with Gasteiger partial charge in [0.2, 0.25) is 11.8 Å². The Kier molecular flexibility index (Phi) is 5.63. The topological polar surface area (TPSA) is 72.2 Å². The van der Waals surface area contributed by atoms with Crippen molar-refractivity contribution in [2.75, 3.05) is 0 Å². The van der Waals surface area contributed by atoms with Crippen molar-refractivity contribution in [3.63, 3.8) is 0 Å². The first-order chi connectivity index (χ1) is 11.3. The molecule has 0 bridgehead atoms. The van der Waals surface area contributed by atoms with Gasteiger partial charge in [-0.25, -0.2) is 8.78 Å². The number of rotatable bonds is 6. The van der Waals surface area contributed by atoms with E-state index in [1.165, 1.54) is 0 Å². The third-order valence-corrected chi connectivity index (χ3v) is 3.53. The maximum Gasteiger partial charge on any atom is 0.240 e. The molecule has 0 spiro atoms. The van der Waals surface area contributed by atoms with Gasteiger partial charge in [-0.3, -0.25) is 9.59 Å². The van der Waals surface area contributed by atoms with Crippen LogP contribution in [0.2, 0.25) is 0 Å². The number of aryl methyl sites for hydroxylation is 1. The number of benzene rings is 2. The van der Waals surface area contributed by atoms with Crippen molar-refractivity contribution in [2.24, 2.45) is 5.73 Å². The second kappa shape index (κ2) is 7.68. The molecular weight excluding hydrogens is 314 g/mol. The molecule has 0 saturated carbocycles. The first-order valence-electron chi connectivity index (χ1n) is 7.42. The zero-order chi connectivity index (χ0) is 17.7. The molecule has 2 rings (SSSR count). The average molecular weight is 332 g/mol. The van der Waals surface area contributed by atoms with Crippen molar-refractivity contribution in [3.05, 3.63) is 70.8 Å². The number of hydrogen-bond donors (Lipinski definition) is 2. The Balaban J connectivity index is 2.02. The van der Waals surface area contributed by atoms with E-state index in [1.54, 1.807) is 0 Å². The molecule has 2 amide bonds. The molecule has 2 aromatic rings. The average Bonchev–Trinajstić information content (AvgIpc) is 2.47. The Labute approximate surface area is 138 Å². The monoisotopic (exact) mass is 332 g/mol. The highest BCUT2D eigenvalue weighted by Gasteiger charge is 2.19. The Hall–Kier alpha value is -2.76. The summed E-state index contributed by atoms with van der Waals surface area (Å²) in [5, 5.41) is 2.51. The van der Waals surface area contributed by atoms with Gasteiger partial charge < -0.3 is 11.1 Å². The summed E-state index contributed by atoms with van der Waals surface area (Å²) in [6, 6.07) is 9.46. The molecule has 0 aliphatic heterocycles. The van der Waals surface area contributed by atoms with Crippen LogP contribution >= 0.6 is 0 Å². The van der Waals surface area contributed by atoms with Crippen LogP contribution in [0.1, 0.15) is 16.7 Å². The molecule has 4 nitrogen and oxygen atoms in total. The van der Waals surface area contributed by atoms with E-state index >= 15 is 0 Å². The summed E-state index contributed by atoms with van der Waals surface area (Å²) in [7, 11) is 0. The van der Waals surface area contributed by atoms with Gasteiger partial charge in [0.25, 0.3) is 0 Å². The van der Waals surface area contributed by atoms with Gasteiger partial charge in [-0.15, -0.1) is 0 Å². The van der Waals surface area contributed by atoms with Crippen LogP contribution in [-0.2, 0) is 22.4 Å². The van der Waals surface area contributed by atoms with Crippen LogP contribution in [0.15, 0.2) is 42.5 Å². The van der Waals surface area contributed by atoms with E-state index in [2.05, 4.69) is 5.32 Å². The predicted octanol–water partition coefficient (Wildman–Crippen LogP) is 2.03. The van der Waals surface area contributed by atoms with Crippen LogP contribution < -0.4 is 11.1 Å². The van der Waals surface area contributed by atoms with Gasteiger partial charge in [0, 0.05) is 12.5 Å². The summed E-state index contributed by atoms with van der Waals surface area (Å²) in [6.45, 7) is 1.94. The standard InChI is InChI=1S/C18H18F2N2O2/c1-11-2-4-12(5-3-11)8-16(18(21)24)22-17(23)9-13-6-14(19)10-15(20)7-13/h2-7,10,16H,8-9H2,1H3,(H2,21,24)(H,22,23)/t16-/m1/s1. The Morgan fingerprint density at radius 3 is 2.17 bits per heavy atom. The summed E-state index contributed by atoms with van der Waals surface area (Å²) in [5.41, 5.74) is 7.44. The van der Waals surface area contributed by atoms with E-state index in [1.807, 2.05) is 31.2 Å². The Bertz CT molecular complexity index is 725.